The van der Waals surface area contributed by atoms with E-state index in [0.29, 0.717) is 4.88 Å². The van der Waals surface area contributed by atoms with E-state index >= 15 is 0 Å². The normalized spacial score (nSPS) is 24.7. The maximum atomic E-state index is 12.0. The summed E-state index contributed by atoms with van der Waals surface area (Å²) in [6.45, 7) is 0. The lowest BCUT2D eigenvalue weighted by molar-refractivity contribution is 0.555. The van der Waals surface area contributed by atoms with E-state index < -0.39 is 10.0 Å². The van der Waals surface area contributed by atoms with E-state index in [0.717, 1.165) is 30.6 Å². The van der Waals surface area contributed by atoms with Gasteiger partial charge in [-0.1, -0.05) is 6.42 Å². The summed E-state index contributed by atoms with van der Waals surface area (Å²) < 4.78 is 26.8. The van der Waals surface area contributed by atoms with Crippen LogP contribution in [-0.2, 0) is 10.0 Å². The Kier molecular flexibility index (Phi) is 3.73. The van der Waals surface area contributed by atoms with E-state index in [4.69, 9.17) is 16.9 Å². The molecule has 92 valence electrons. The summed E-state index contributed by atoms with van der Waals surface area (Å²) >= 11 is 7.00. The molecule has 1 N–H and O–H groups in total. The van der Waals surface area contributed by atoms with Gasteiger partial charge in [-0.15, -0.1) is 22.9 Å². The molecule has 2 rings (SSSR count). The first kappa shape index (κ1) is 12.8. The Morgan fingerprint density at radius 3 is 2.76 bits per heavy atom. The zero-order chi connectivity index (χ0) is 12.5. The summed E-state index contributed by atoms with van der Waals surface area (Å²) in [7, 11) is -3.53. The van der Waals surface area contributed by atoms with Crippen LogP contribution in [0.3, 0.4) is 0 Å². The number of alkyl halides is 1. The molecule has 0 aromatic carbocycles. The second-order valence-electron chi connectivity index (χ2n) is 3.91. The van der Waals surface area contributed by atoms with Crippen LogP contribution in [0.15, 0.2) is 16.3 Å². The zero-order valence-electron chi connectivity index (χ0n) is 8.89. The second-order valence-corrected chi connectivity index (χ2v) is 7.49. The summed E-state index contributed by atoms with van der Waals surface area (Å²) in [5.74, 6) is 0. The fourth-order valence-electron chi connectivity index (χ4n) is 1.83. The molecule has 1 aliphatic carbocycles. The topological polar surface area (TPSA) is 70.0 Å². The molecular weight excluding hydrogens is 280 g/mol. The second kappa shape index (κ2) is 4.94. The van der Waals surface area contributed by atoms with Crippen LogP contribution in [-0.4, -0.2) is 19.8 Å². The summed E-state index contributed by atoms with van der Waals surface area (Å²) in [5.41, 5.74) is 0. The molecule has 0 radical (unpaired) electrons. The van der Waals surface area contributed by atoms with E-state index in [1.807, 2.05) is 6.07 Å². The number of sulfonamides is 1. The van der Waals surface area contributed by atoms with Gasteiger partial charge in [-0.3, -0.25) is 0 Å². The molecule has 1 aromatic rings. The summed E-state index contributed by atoms with van der Waals surface area (Å²) in [5, 5.41) is 8.53. The first-order valence-corrected chi connectivity index (χ1v) is 7.93. The first-order valence-electron chi connectivity index (χ1n) is 5.19. The molecule has 1 aromatic heterocycles. The van der Waals surface area contributed by atoms with Crippen LogP contribution in [0, 0.1) is 11.3 Å². The number of nitrogens with zero attached hydrogens (tertiary/aromatic N) is 1. The van der Waals surface area contributed by atoms with Crippen molar-refractivity contribution in [3.8, 4) is 6.07 Å². The smallest absolute Gasteiger partial charge is 0.206 e. The number of nitriles is 1. The molecular formula is C10H11ClN2O2S2. The highest BCUT2D eigenvalue weighted by atomic mass is 35.5. The van der Waals surface area contributed by atoms with Crippen molar-refractivity contribution in [1.29, 1.82) is 5.26 Å². The van der Waals surface area contributed by atoms with Crippen molar-refractivity contribution >= 4 is 33.0 Å². The molecule has 0 aliphatic heterocycles. The molecule has 0 spiro atoms. The molecule has 2 unspecified atom stereocenters. The quantitative estimate of drug-likeness (QED) is 0.866. The average molecular weight is 291 g/mol. The molecule has 1 aliphatic rings. The van der Waals surface area contributed by atoms with Gasteiger partial charge in [-0.25, -0.2) is 13.1 Å². The lowest BCUT2D eigenvalue weighted by Crippen LogP contribution is -2.37. The average Bonchev–Trinajstić information content (AvgIpc) is 2.88. The van der Waals surface area contributed by atoms with Gasteiger partial charge in [0.05, 0.1) is 0 Å². The monoisotopic (exact) mass is 290 g/mol. The lowest BCUT2D eigenvalue weighted by atomic mass is 10.3. The third kappa shape index (κ3) is 2.80. The summed E-state index contributed by atoms with van der Waals surface area (Å²) in [6.07, 6.45) is 2.54. The Hall–Kier alpha value is -0.610. The third-order valence-electron chi connectivity index (χ3n) is 2.69. The molecule has 4 nitrogen and oxygen atoms in total. The van der Waals surface area contributed by atoms with Crippen LogP contribution in [0.2, 0.25) is 0 Å². The fraction of sp³-hybridized carbons (Fsp3) is 0.500. The Morgan fingerprint density at radius 2 is 2.24 bits per heavy atom. The zero-order valence-corrected chi connectivity index (χ0v) is 11.3. The molecule has 1 heterocycles. The molecule has 17 heavy (non-hydrogen) atoms. The van der Waals surface area contributed by atoms with Gasteiger partial charge in [-0.2, -0.15) is 5.26 Å². The standard InChI is InChI=1S/C10H11ClN2O2S2/c11-8-2-1-3-9(8)13-17(14,15)10-5-4-7(6-12)16-10/h4-5,8-9,13H,1-3H2. The van der Waals surface area contributed by atoms with Crippen LogP contribution < -0.4 is 4.72 Å². The Balaban J connectivity index is 2.16. The van der Waals surface area contributed by atoms with Crippen LogP contribution in [0.1, 0.15) is 24.1 Å². The minimum atomic E-state index is -3.53. The third-order valence-corrected chi connectivity index (χ3v) is 6.19. The van der Waals surface area contributed by atoms with Crippen molar-refractivity contribution in [3.05, 3.63) is 17.0 Å². The molecule has 0 bridgehead atoms. The maximum Gasteiger partial charge on any atom is 0.250 e. The highest BCUT2D eigenvalue weighted by Crippen LogP contribution is 2.27. The highest BCUT2D eigenvalue weighted by Gasteiger charge is 2.30. The van der Waals surface area contributed by atoms with Gasteiger partial charge in [0.25, 0.3) is 0 Å². The number of nitrogens with one attached hydrogen (secondary N) is 1. The number of rotatable bonds is 3. The lowest BCUT2D eigenvalue weighted by Gasteiger charge is -2.14. The number of hydrogen-bond acceptors (Lipinski definition) is 4. The van der Waals surface area contributed by atoms with Crippen LogP contribution in [0.25, 0.3) is 0 Å². The SMILES string of the molecule is N#Cc1ccc(S(=O)(=O)NC2CCCC2Cl)s1. The fourth-order valence-corrected chi connectivity index (χ4v) is 4.68. The van der Waals surface area contributed by atoms with Crippen molar-refractivity contribution in [2.75, 3.05) is 0 Å². The van der Waals surface area contributed by atoms with Crippen LogP contribution >= 0.6 is 22.9 Å². The van der Waals surface area contributed by atoms with E-state index in [-0.39, 0.29) is 15.6 Å². The summed E-state index contributed by atoms with van der Waals surface area (Å²) in [4.78, 5) is 0.388. The van der Waals surface area contributed by atoms with Crippen LogP contribution in [0.5, 0.6) is 0 Å². The Labute approximate surface area is 109 Å². The largest absolute Gasteiger partial charge is 0.250 e. The Morgan fingerprint density at radius 1 is 1.47 bits per heavy atom. The van der Waals surface area contributed by atoms with E-state index in [1.165, 1.54) is 12.1 Å². The van der Waals surface area contributed by atoms with Gasteiger partial charge in [-0.05, 0) is 25.0 Å². The first-order chi connectivity index (χ1) is 8.03. The van der Waals surface area contributed by atoms with Crippen molar-refractivity contribution in [3.63, 3.8) is 0 Å². The van der Waals surface area contributed by atoms with E-state index in [1.54, 1.807) is 0 Å². The molecule has 2 atom stereocenters. The van der Waals surface area contributed by atoms with Crippen molar-refractivity contribution in [1.82, 2.24) is 4.72 Å². The van der Waals surface area contributed by atoms with Crippen molar-refractivity contribution < 1.29 is 8.42 Å². The molecule has 0 saturated heterocycles. The highest BCUT2D eigenvalue weighted by molar-refractivity contribution is 7.91. The van der Waals surface area contributed by atoms with E-state index in [9.17, 15) is 8.42 Å². The molecule has 0 amide bonds. The van der Waals surface area contributed by atoms with Gasteiger partial charge in [0.15, 0.2) is 0 Å². The predicted octanol–water partition coefficient (Wildman–Crippen LogP) is 2.06. The number of hydrogen-bond donors (Lipinski definition) is 1. The van der Waals surface area contributed by atoms with Gasteiger partial charge < -0.3 is 0 Å². The Bertz CT molecular complexity index is 547. The number of halogens is 1. The molecule has 1 fully saturated rings. The van der Waals surface area contributed by atoms with Crippen molar-refractivity contribution in [2.45, 2.75) is 34.9 Å². The molecule has 7 heteroatoms. The summed E-state index contributed by atoms with van der Waals surface area (Å²) in [6, 6.07) is 4.68. The van der Waals surface area contributed by atoms with Crippen LogP contribution in [0.4, 0.5) is 0 Å². The maximum absolute atomic E-state index is 12.0. The molecule has 1 saturated carbocycles. The van der Waals surface area contributed by atoms with Gasteiger partial charge in [0.1, 0.15) is 15.2 Å². The minimum Gasteiger partial charge on any atom is -0.206 e. The van der Waals surface area contributed by atoms with Crippen molar-refractivity contribution in [2.24, 2.45) is 0 Å². The van der Waals surface area contributed by atoms with Gasteiger partial charge in [0, 0.05) is 11.4 Å². The number of thiophene rings is 1. The minimum absolute atomic E-state index is 0.139. The van der Waals surface area contributed by atoms with E-state index in [2.05, 4.69) is 4.72 Å². The predicted molar refractivity (Wildman–Crippen MR) is 66.6 cm³/mol. The van der Waals surface area contributed by atoms with Gasteiger partial charge >= 0.3 is 0 Å². The van der Waals surface area contributed by atoms with Gasteiger partial charge in [0.2, 0.25) is 10.0 Å².